The molecule has 0 heterocycles. The average Bonchev–Trinajstić information content (AvgIpc) is 2.40. The smallest absolute Gasteiger partial charge is 0.414 e. The van der Waals surface area contributed by atoms with Crippen molar-refractivity contribution in [3.63, 3.8) is 0 Å². The quantitative estimate of drug-likeness (QED) is 0.515. The second-order valence-electron chi connectivity index (χ2n) is 2.36. The first-order chi connectivity index (χ1) is 5.54. The molecule has 12 heavy (non-hydrogen) atoms. The van der Waals surface area contributed by atoms with Crippen molar-refractivity contribution >= 4 is 17.7 Å². The Hall–Kier alpha value is -1.39. The van der Waals surface area contributed by atoms with E-state index in [9.17, 15) is 4.79 Å². The maximum atomic E-state index is 10.2. The number of Topliss-reactive ketones (excluding diaryl/α,β-unsaturated/α-hetero) is 1. The van der Waals surface area contributed by atoms with Crippen LogP contribution in [0.25, 0.3) is 0 Å². The molecule has 5 heteroatoms. The number of carboxylic acids is 2. The number of carbonyl (C=O) groups excluding carboxylic acids is 1. The number of hydrogen-bond acceptors (Lipinski definition) is 3. The van der Waals surface area contributed by atoms with E-state index in [2.05, 4.69) is 0 Å². The minimum absolute atomic E-state index is 0.454. The van der Waals surface area contributed by atoms with E-state index in [1.807, 2.05) is 0 Å². The summed E-state index contributed by atoms with van der Waals surface area (Å²) >= 11 is 0. The van der Waals surface area contributed by atoms with Gasteiger partial charge >= 0.3 is 11.9 Å². The Labute approximate surface area is 69.0 Å². The van der Waals surface area contributed by atoms with Gasteiger partial charge in [0.15, 0.2) is 0 Å². The van der Waals surface area contributed by atoms with Crippen molar-refractivity contribution in [1.82, 2.24) is 0 Å². The zero-order chi connectivity index (χ0) is 9.56. The van der Waals surface area contributed by atoms with Crippen LogP contribution in [0, 0.1) is 0 Å². The van der Waals surface area contributed by atoms with Crippen LogP contribution in [0.15, 0.2) is 0 Å². The summed E-state index contributed by atoms with van der Waals surface area (Å²) in [6.45, 7) is 0. The van der Waals surface area contributed by atoms with Crippen molar-refractivity contribution < 1.29 is 24.6 Å². The van der Waals surface area contributed by atoms with Gasteiger partial charge in [-0.25, -0.2) is 9.59 Å². The summed E-state index contributed by atoms with van der Waals surface area (Å²) in [5, 5.41) is 14.8. The van der Waals surface area contributed by atoms with Gasteiger partial charge in [0.05, 0.1) is 0 Å². The van der Waals surface area contributed by atoms with Gasteiger partial charge in [-0.15, -0.1) is 0 Å². The highest BCUT2D eigenvalue weighted by Gasteiger charge is 2.07. The molecular weight excluding hydrogens is 164 g/mol. The first kappa shape index (κ1) is 10.6. The maximum Gasteiger partial charge on any atom is 0.414 e. The van der Waals surface area contributed by atoms with E-state index in [4.69, 9.17) is 19.8 Å². The van der Waals surface area contributed by atoms with Crippen LogP contribution in [0.4, 0.5) is 0 Å². The number of carboxylic acid groups (broad SMARTS) is 2. The third-order valence-corrected chi connectivity index (χ3v) is 1.34. The van der Waals surface area contributed by atoms with Crippen molar-refractivity contribution in [1.29, 1.82) is 0 Å². The van der Waals surface area contributed by atoms with Gasteiger partial charge in [-0.2, -0.15) is 0 Å². The summed E-state index contributed by atoms with van der Waals surface area (Å²) in [5.41, 5.74) is 0. The van der Waals surface area contributed by atoms with Crippen molar-refractivity contribution in [3.05, 3.63) is 0 Å². The lowest BCUT2D eigenvalue weighted by Gasteiger charge is -1.72. The fraction of sp³-hybridized carbons (Fsp3) is 0.571. The lowest BCUT2D eigenvalue weighted by atomic mass is 10.4. The van der Waals surface area contributed by atoms with Crippen molar-refractivity contribution in [2.45, 2.75) is 25.7 Å². The molecule has 1 fully saturated rings. The standard InChI is InChI=1S/C5H8O.C2H2O4/c6-5-3-1-2-4-5;3-1(4)2(5)6/h1-4H2;(H,3,4)(H,5,6). The van der Waals surface area contributed by atoms with Gasteiger partial charge < -0.3 is 10.2 Å². The summed E-state index contributed by atoms with van der Waals surface area (Å²) in [6, 6.07) is 0. The highest BCUT2D eigenvalue weighted by atomic mass is 16.4. The SMILES string of the molecule is O=C(O)C(=O)O.O=C1CCCC1. The van der Waals surface area contributed by atoms with Crippen LogP contribution in [-0.2, 0) is 14.4 Å². The number of rotatable bonds is 0. The first-order valence-electron chi connectivity index (χ1n) is 3.52. The zero-order valence-electron chi connectivity index (χ0n) is 6.45. The molecule has 0 atom stereocenters. The molecule has 5 nitrogen and oxygen atoms in total. The monoisotopic (exact) mass is 174 g/mol. The summed E-state index contributed by atoms with van der Waals surface area (Å²) in [4.78, 5) is 28.4. The number of carbonyl (C=O) groups is 3. The van der Waals surface area contributed by atoms with Crippen LogP contribution in [0.2, 0.25) is 0 Å². The summed E-state index contributed by atoms with van der Waals surface area (Å²) in [7, 11) is 0. The van der Waals surface area contributed by atoms with Crippen LogP contribution in [0.3, 0.4) is 0 Å². The molecule has 1 aliphatic carbocycles. The highest BCUT2D eigenvalue weighted by molar-refractivity contribution is 6.27. The summed E-state index contributed by atoms with van der Waals surface area (Å²) < 4.78 is 0. The van der Waals surface area contributed by atoms with Gasteiger partial charge in [-0.3, -0.25) is 4.79 Å². The Bertz CT molecular complexity index is 176. The molecule has 0 amide bonds. The predicted octanol–water partition coefficient (Wildman–Crippen LogP) is 0.285. The number of hydrogen-bond donors (Lipinski definition) is 2. The molecule has 2 N–H and O–H groups in total. The molecular formula is C7H10O5. The average molecular weight is 174 g/mol. The molecule has 0 bridgehead atoms. The maximum absolute atomic E-state index is 10.2. The van der Waals surface area contributed by atoms with Gasteiger partial charge in [0.1, 0.15) is 5.78 Å². The minimum Gasteiger partial charge on any atom is -0.473 e. The molecule has 0 radical (unpaired) electrons. The Kier molecular flexibility index (Phi) is 4.67. The van der Waals surface area contributed by atoms with Gasteiger partial charge in [0.2, 0.25) is 0 Å². The minimum atomic E-state index is -1.82. The van der Waals surface area contributed by atoms with E-state index in [-0.39, 0.29) is 0 Å². The molecule has 0 aromatic carbocycles. The Morgan fingerprint density at radius 2 is 1.33 bits per heavy atom. The second-order valence-corrected chi connectivity index (χ2v) is 2.36. The molecule has 1 saturated carbocycles. The Morgan fingerprint density at radius 3 is 1.42 bits per heavy atom. The van der Waals surface area contributed by atoms with Gasteiger partial charge in [-0.1, -0.05) is 0 Å². The van der Waals surface area contributed by atoms with Crippen LogP contribution >= 0.6 is 0 Å². The summed E-state index contributed by atoms with van der Waals surface area (Å²) in [5.74, 6) is -3.19. The second kappa shape index (κ2) is 5.29. The fourth-order valence-corrected chi connectivity index (χ4v) is 0.769. The van der Waals surface area contributed by atoms with Crippen molar-refractivity contribution in [2.24, 2.45) is 0 Å². The number of aliphatic carboxylic acids is 2. The lowest BCUT2D eigenvalue weighted by Crippen LogP contribution is -2.09. The van der Waals surface area contributed by atoms with E-state index in [1.54, 1.807) is 0 Å². The van der Waals surface area contributed by atoms with Gasteiger partial charge in [0.25, 0.3) is 0 Å². The molecule has 0 aliphatic heterocycles. The third kappa shape index (κ3) is 5.40. The third-order valence-electron chi connectivity index (χ3n) is 1.34. The fourth-order valence-electron chi connectivity index (χ4n) is 0.769. The first-order valence-corrected chi connectivity index (χ1v) is 3.52. The van der Waals surface area contributed by atoms with E-state index in [0.29, 0.717) is 5.78 Å². The molecule has 1 aliphatic rings. The van der Waals surface area contributed by atoms with Crippen molar-refractivity contribution in [2.75, 3.05) is 0 Å². The predicted molar refractivity (Wildman–Crippen MR) is 38.7 cm³/mol. The van der Waals surface area contributed by atoms with Gasteiger partial charge in [0, 0.05) is 12.8 Å². The summed E-state index contributed by atoms with van der Waals surface area (Å²) in [6.07, 6.45) is 3.97. The molecule has 0 spiro atoms. The molecule has 0 unspecified atom stereocenters. The van der Waals surface area contributed by atoms with Crippen molar-refractivity contribution in [3.8, 4) is 0 Å². The van der Waals surface area contributed by atoms with E-state index in [1.165, 1.54) is 0 Å². The van der Waals surface area contributed by atoms with E-state index >= 15 is 0 Å². The molecule has 0 saturated heterocycles. The molecule has 0 aromatic heterocycles. The largest absolute Gasteiger partial charge is 0.473 e. The van der Waals surface area contributed by atoms with E-state index in [0.717, 1.165) is 25.7 Å². The Morgan fingerprint density at radius 1 is 1.00 bits per heavy atom. The zero-order valence-corrected chi connectivity index (χ0v) is 6.45. The Balaban J connectivity index is 0.000000202. The molecule has 0 aromatic rings. The molecule has 68 valence electrons. The normalized spacial score (nSPS) is 14.8. The molecule has 1 rings (SSSR count). The topological polar surface area (TPSA) is 91.7 Å². The van der Waals surface area contributed by atoms with Crippen LogP contribution in [0.1, 0.15) is 25.7 Å². The van der Waals surface area contributed by atoms with E-state index < -0.39 is 11.9 Å². The van der Waals surface area contributed by atoms with Crippen LogP contribution in [-0.4, -0.2) is 27.9 Å². The van der Waals surface area contributed by atoms with Gasteiger partial charge in [-0.05, 0) is 12.8 Å². The highest BCUT2D eigenvalue weighted by Crippen LogP contribution is 2.11. The van der Waals surface area contributed by atoms with Crippen LogP contribution < -0.4 is 0 Å². The number of ketones is 1. The lowest BCUT2D eigenvalue weighted by molar-refractivity contribution is -0.159. The van der Waals surface area contributed by atoms with Crippen LogP contribution in [0.5, 0.6) is 0 Å².